The van der Waals surface area contributed by atoms with Crippen LogP contribution in [0, 0.1) is 11.3 Å². The smallest absolute Gasteiger partial charge is 0.302 e. The van der Waals surface area contributed by atoms with Gasteiger partial charge >= 0.3 is 5.97 Å². The number of hydrogen-bond acceptors (Lipinski definition) is 2. The van der Waals surface area contributed by atoms with E-state index < -0.39 is 0 Å². The largest absolute Gasteiger partial charge is 0.466 e. The van der Waals surface area contributed by atoms with Crippen LogP contribution in [0.2, 0.25) is 0 Å². The van der Waals surface area contributed by atoms with Crippen LogP contribution in [0.5, 0.6) is 0 Å². The van der Waals surface area contributed by atoms with Crippen LogP contribution < -0.4 is 0 Å². The van der Waals surface area contributed by atoms with Crippen LogP contribution >= 0.6 is 15.9 Å². The lowest BCUT2D eigenvalue weighted by molar-refractivity contribution is -0.141. The third kappa shape index (κ3) is 1.75. The summed E-state index contributed by atoms with van der Waals surface area (Å²) in [7, 11) is 0. The number of esters is 1. The molecule has 0 aromatic carbocycles. The van der Waals surface area contributed by atoms with E-state index in [1.807, 2.05) is 0 Å². The Morgan fingerprint density at radius 3 is 2.36 bits per heavy atom. The zero-order valence-corrected chi connectivity index (χ0v) is 8.64. The normalized spacial score (nSPS) is 33.1. The molecular formula is C8H13BrO2. The maximum absolute atomic E-state index is 10.5. The van der Waals surface area contributed by atoms with Crippen LogP contribution in [0.15, 0.2) is 0 Å². The maximum atomic E-state index is 10.5. The summed E-state index contributed by atoms with van der Waals surface area (Å²) >= 11 is 3.53. The van der Waals surface area contributed by atoms with Crippen molar-refractivity contribution in [1.82, 2.24) is 0 Å². The lowest BCUT2D eigenvalue weighted by Gasteiger charge is -2.01. The monoisotopic (exact) mass is 220 g/mol. The molecule has 1 aliphatic carbocycles. The second-order valence-electron chi connectivity index (χ2n) is 3.63. The molecule has 0 amide bonds. The highest BCUT2D eigenvalue weighted by Gasteiger charge is 2.56. The number of carbonyl (C=O) groups excluding carboxylic acids is 1. The average molecular weight is 221 g/mol. The van der Waals surface area contributed by atoms with E-state index in [1.165, 1.54) is 6.92 Å². The molecular weight excluding hydrogens is 208 g/mol. The molecule has 0 radical (unpaired) electrons. The Morgan fingerprint density at radius 1 is 1.64 bits per heavy atom. The van der Waals surface area contributed by atoms with Crippen LogP contribution in [0.4, 0.5) is 0 Å². The summed E-state index contributed by atoms with van der Waals surface area (Å²) < 4.78 is 4.90. The molecule has 0 spiro atoms. The Kier molecular flexibility index (Phi) is 2.28. The third-order valence-electron chi connectivity index (χ3n) is 2.38. The van der Waals surface area contributed by atoms with Crippen LogP contribution in [0.25, 0.3) is 0 Å². The van der Waals surface area contributed by atoms with Crippen molar-refractivity contribution in [1.29, 1.82) is 0 Å². The minimum absolute atomic E-state index is 0.188. The second-order valence-corrected chi connectivity index (χ2v) is 4.62. The lowest BCUT2D eigenvalue weighted by Crippen LogP contribution is -2.05. The lowest BCUT2D eigenvalue weighted by atomic mass is 10.1. The Morgan fingerprint density at radius 2 is 2.09 bits per heavy atom. The van der Waals surface area contributed by atoms with Gasteiger partial charge in [-0.1, -0.05) is 29.8 Å². The van der Waals surface area contributed by atoms with Crippen molar-refractivity contribution in [2.45, 2.75) is 25.6 Å². The van der Waals surface area contributed by atoms with Crippen molar-refractivity contribution in [3.63, 3.8) is 0 Å². The first-order chi connectivity index (χ1) is 4.96. The van der Waals surface area contributed by atoms with Crippen LogP contribution in [-0.4, -0.2) is 17.4 Å². The molecule has 0 aromatic heterocycles. The fraction of sp³-hybridized carbons (Fsp3) is 0.875. The molecule has 1 aliphatic rings. The van der Waals surface area contributed by atoms with E-state index >= 15 is 0 Å². The quantitative estimate of drug-likeness (QED) is 0.526. The van der Waals surface area contributed by atoms with Gasteiger partial charge in [0, 0.05) is 17.7 Å². The fourth-order valence-electron chi connectivity index (χ4n) is 1.18. The first-order valence-electron chi connectivity index (χ1n) is 3.73. The molecule has 11 heavy (non-hydrogen) atoms. The van der Waals surface area contributed by atoms with Gasteiger partial charge < -0.3 is 4.74 Å². The summed E-state index contributed by atoms with van der Waals surface area (Å²) in [5, 5.41) is 0. The molecule has 0 unspecified atom stereocenters. The second kappa shape index (κ2) is 2.77. The topological polar surface area (TPSA) is 26.3 Å². The number of halogens is 1. The summed E-state index contributed by atoms with van der Waals surface area (Å²) in [6.07, 6.45) is 0. The molecule has 0 heterocycles. The Balaban J connectivity index is 2.27. The van der Waals surface area contributed by atoms with Gasteiger partial charge in [-0.25, -0.2) is 0 Å². The van der Waals surface area contributed by atoms with E-state index in [1.54, 1.807) is 0 Å². The highest BCUT2D eigenvalue weighted by Crippen LogP contribution is 2.56. The van der Waals surface area contributed by atoms with E-state index in [2.05, 4.69) is 29.8 Å². The Bertz CT molecular complexity index is 177. The van der Waals surface area contributed by atoms with Gasteiger partial charge in [0.1, 0.15) is 0 Å². The minimum atomic E-state index is -0.188. The average Bonchev–Trinajstić information content (AvgIpc) is 2.30. The highest BCUT2D eigenvalue weighted by molar-refractivity contribution is 9.09. The summed E-state index contributed by atoms with van der Waals surface area (Å²) in [6.45, 7) is 6.33. The van der Waals surface area contributed by atoms with E-state index in [4.69, 9.17) is 4.74 Å². The van der Waals surface area contributed by atoms with Crippen molar-refractivity contribution in [3.8, 4) is 0 Å². The van der Waals surface area contributed by atoms with Gasteiger partial charge in [-0.3, -0.25) is 4.79 Å². The number of hydrogen-bond donors (Lipinski definition) is 0. The molecule has 2 nitrogen and oxygen atoms in total. The molecule has 3 heteroatoms. The molecule has 1 fully saturated rings. The predicted octanol–water partition coefficient (Wildman–Crippen LogP) is 1.97. The SMILES string of the molecule is CC(=O)OC[C@H]1[C@H](Br)C1(C)C. The number of rotatable bonds is 2. The van der Waals surface area contributed by atoms with Gasteiger partial charge in [0.05, 0.1) is 6.61 Å². The zero-order valence-electron chi connectivity index (χ0n) is 7.06. The minimum Gasteiger partial charge on any atom is -0.466 e. The number of carbonyl (C=O) groups is 1. The third-order valence-corrected chi connectivity index (χ3v) is 4.19. The molecule has 64 valence electrons. The first kappa shape index (κ1) is 9.04. The first-order valence-corrected chi connectivity index (χ1v) is 4.65. The van der Waals surface area contributed by atoms with Gasteiger partial charge in [0.2, 0.25) is 0 Å². The molecule has 0 N–H and O–H groups in total. The van der Waals surface area contributed by atoms with E-state index in [0.29, 0.717) is 22.8 Å². The summed E-state index contributed by atoms with van der Waals surface area (Å²) in [5.41, 5.74) is 0.301. The van der Waals surface area contributed by atoms with Crippen molar-refractivity contribution in [2.75, 3.05) is 6.61 Å². The van der Waals surface area contributed by atoms with Gasteiger partial charge in [0.15, 0.2) is 0 Å². The van der Waals surface area contributed by atoms with E-state index in [-0.39, 0.29) is 5.97 Å². The maximum Gasteiger partial charge on any atom is 0.302 e. The molecule has 2 atom stereocenters. The molecule has 0 aliphatic heterocycles. The van der Waals surface area contributed by atoms with Crippen LogP contribution in [-0.2, 0) is 9.53 Å². The molecule has 0 aromatic rings. The van der Waals surface area contributed by atoms with Crippen molar-refractivity contribution in [2.24, 2.45) is 11.3 Å². The number of alkyl halides is 1. The van der Waals surface area contributed by atoms with Gasteiger partial charge in [-0.2, -0.15) is 0 Å². The molecule has 1 rings (SSSR count). The van der Waals surface area contributed by atoms with Crippen LogP contribution in [0.3, 0.4) is 0 Å². The highest BCUT2D eigenvalue weighted by atomic mass is 79.9. The molecule has 0 bridgehead atoms. The summed E-state index contributed by atoms with van der Waals surface area (Å²) in [6, 6.07) is 0. The van der Waals surface area contributed by atoms with E-state index in [9.17, 15) is 4.79 Å². The standard InChI is InChI=1S/C8H13BrO2/c1-5(10)11-4-6-7(9)8(6,2)3/h6-7H,4H2,1-3H3/t6-,7-/m0/s1. The molecule has 0 saturated heterocycles. The number of ether oxygens (including phenoxy) is 1. The Hall–Kier alpha value is -0.0500. The summed E-state index contributed by atoms with van der Waals surface area (Å²) in [5.74, 6) is 0.304. The van der Waals surface area contributed by atoms with Crippen molar-refractivity contribution < 1.29 is 9.53 Å². The summed E-state index contributed by atoms with van der Waals surface area (Å²) in [4.78, 5) is 11.0. The fourth-order valence-corrected chi connectivity index (χ4v) is 2.20. The van der Waals surface area contributed by atoms with Crippen LogP contribution in [0.1, 0.15) is 20.8 Å². The van der Waals surface area contributed by atoms with Gasteiger partial charge in [-0.15, -0.1) is 0 Å². The molecule has 1 saturated carbocycles. The Labute approximate surface area is 75.4 Å². The van der Waals surface area contributed by atoms with E-state index in [0.717, 1.165) is 0 Å². The van der Waals surface area contributed by atoms with Gasteiger partial charge in [0.25, 0.3) is 0 Å². The van der Waals surface area contributed by atoms with Crippen molar-refractivity contribution >= 4 is 21.9 Å². The van der Waals surface area contributed by atoms with Gasteiger partial charge in [-0.05, 0) is 5.41 Å². The van der Waals surface area contributed by atoms with Crippen molar-refractivity contribution in [3.05, 3.63) is 0 Å². The predicted molar refractivity (Wildman–Crippen MR) is 46.6 cm³/mol. The zero-order chi connectivity index (χ0) is 8.65.